The maximum Gasteiger partial charge on any atom is 0.340 e. The van der Waals surface area contributed by atoms with Crippen molar-refractivity contribution < 1.29 is 9.53 Å². The Morgan fingerprint density at radius 2 is 1.62 bits per heavy atom. The topological polar surface area (TPSA) is 76.1 Å². The second-order valence-corrected chi connectivity index (χ2v) is 7.59. The molecule has 2 aromatic carbocycles. The van der Waals surface area contributed by atoms with Gasteiger partial charge in [-0.2, -0.15) is 0 Å². The molecule has 0 saturated heterocycles. The number of benzene rings is 2. The highest BCUT2D eigenvalue weighted by molar-refractivity contribution is 5.96. The number of hydrogen-bond donors (Lipinski definition) is 2. The van der Waals surface area contributed by atoms with E-state index in [-0.39, 0.29) is 11.5 Å². The summed E-state index contributed by atoms with van der Waals surface area (Å²) in [6, 6.07) is 18.8. The third kappa shape index (κ3) is 5.54. The fourth-order valence-corrected chi connectivity index (χ4v) is 2.79. The summed E-state index contributed by atoms with van der Waals surface area (Å²) in [5.74, 6) is 1.50. The number of para-hydroxylation sites is 1. The summed E-state index contributed by atoms with van der Waals surface area (Å²) < 4.78 is 5.16. The summed E-state index contributed by atoms with van der Waals surface area (Å²) in [4.78, 5) is 21.6. The maximum atomic E-state index is 12.3. The van der Waals surface area contributed by atoms with Gasteiger partial charge in [0.05, 0.1) is 17.9 Å². The minimum Gasteiger partial charge on any atom is -0.462 e. The summed E-state index contributed by atoms with van der Waals surface area (Å²) in [6.07, 6.45) is 0. The highest BCUT2D eigenvalue weighted by atomic mass is 16.5. The summed E-state index contributed by atoms with van der Waals surface area (Å²) in [6.45, 7) is 8.31. The number of nitrogens with zero attached hydrogens (tertiary/aromatic N) is 2. The van der Waals surface area contributed by atoms with Crippen LogP contribution >= 0.6 is 0 Å². The molecule has 0 unspecified atom stereocenters. The molecule has 0 radical (unpaired) electrons. The third-order valence-electron chi connectivity index (χ3n) is 3.95. The Bertz CT molecular complexity index is 982. The first-order chi connectivity index (χ1) is 13.9. The van der Waals surface area contributed by atoms with Crippen LogP contribution in [0.1, 0.15) is 38.1 Å². The molecule has 0 aliphatic carbocycles. The van der Waals surface area contributed by atoms with Gasteiger partial charge < -0.3 is 15.4 Å². The van der Waals surface area contributed by atoms with Crippen molar-refractivity contribution in [3.63, 3.8) is 0 Å². The molecule has 3 rings (SSSR count). The molecule has 1 aromatic heterocycles. The van der Waals surface area contributed by atoms with E-state index in [4.69, 9.17) is 4.74 Å². The van der Waals surface area contributed by atoms with Gasteiger partial charge in [-0.1, -0.05) is 42.5 Å². The largest absolute Gasteiger partial charge is 0.462 e. The zero-order valence-electron chi connectivity index (χ0n) is 17.2. The summed E-state index contributed by atoms with van der Waals surface area (Å²) in [7, 11) is 0. The van der Waals surface area contributed by atoms with Gasteiger partial charge in [0, 0.05) is 17.2 Å². The van der Waals surface area contributed by atoms with E-state index in [1.54, 1.807) is 19.1 Å². The van der Waals surface area contributed by atoms with Crippen molar-refractivity contribution >= 4 is 23.3 Å². The molecule has 2 N–H and O–H groups in total. The van der Waals surface area contributed by atoms with Crippen LogP contribution in [-0.4, -0.2) is 28.1 Å². The SMILES string of the molecule is CCOC(=O)c1ccccc1Nc1cc(NC(C)(C)C)nc(-c2ccccc2)n1. The lowest BCUT2D eigenvalue weighted by Gasteiger charge is -2.22. The molecular weight excluding hydrogens is 364 g/mol. The third-order valence-corrected chi connectivity index (χ3v) is 3.95. The molecule has 0 aliphatic heterocycles. The summed E-state index contributed by atoms with van der Waals surface area (Å²) in [5, 5.41) is 6.65. The van der Waals surface area contributed by atoms with E-state index in [0.29, 0.717) is 35.3 Å². The zero-order valence-corrected chi connectivity index (χ0v) is 17.2. The van der Waals surface area contributed by atoms with Crippen LogP contribution in [0, 0.1) is 0 Å². The predicted octanol–water partition coefficient (Wildman–Crippen LogP) is 5.27. The number of esters is 1. The van der Waals surface area contributed by atoms with Crippen molar-refractivity contribution in [3.05, 3.63) is 66.2 Å². The lowest BCUT2D eigenvalue weighted by atomic mass is 10.1. The van der Waals surface area contributed by atoms with Crippen molar-refractivity contribution in [2.75, 3.05) is 17.2 Å². The second kappa shape index (κ2) is 8.73. The van der Waals surface area contributed by atoms with Gasteiger partial charge in [-0.05, 0) is 39.8 Å². The number of carbonyl (C=O) groups is 1. The molecule has 6 nitrogen and oxygen atoms in total. The van der Waals surface area contributed by atoms with Gasteiger partial charge in [-0.15, -0.1) is 0 Å². The lowest BCUT2D eigenvalue weighted by Crippen LogP contribution is -2.26. The van der Waals surface area contributed by atoms with Gasteiger partial charge >= 0.3 is 5.97 Å². The molecule has 0 saturated carbocycles. The quantitative estimate of drug-likeness (QED) is 0.558. The van der Waals surface area contributed by atoms with Crippen molar-refractivity contribution in [2.24, 2.45) is 0 Å². The molecule has 29 heavy (non-hydrogen) atoms. The van der Waals surface area contributed by atoms with Crippen LogP contribution in [0.4, 0.5) is 17.3 Å². The number of hydrogen-bond acceptors (Lipinski definition) is 6. The Morgan fingerprint density at radius 1 is 0.966 bits per heavy atom. The number of rotatable bonds is 6. The minimum atomic E-state index is -0.374. The highest BCUT2D eigenvalue weighted by Gasteiger charge is 2.16. The smallest absolute Gasteiger partial charge is 0.340 e. The fourth-order valence-electron chi connectivity index (χ4n) is 2.79. The van der Waals surface area contributed by atoms with Crippen LogP contribution in [0.3, 0.4) is 0 Å². The van der Waals surface area contributed by atoms with Gasteiger partial charge in [0.2, 0.25) is 0 Å². The second-order valence-electron chi connectivity index (χ2n) is 7.59. The van der Waals surface area contributed by atoms with Crippen molar-refractivity contribution in [3.8, 4) is 11.4 Å². The van der Waals surface area contributed by atoms with Crippen LogP contribution in [-0.2, 0) is 4.74 Å². The first-order valence-corrected chi connectivity index (χ1v) is 9.61. The van der Waals surface area contributed by atoms with Crippen molar-refractivity contribution in [2.45, 2.75) is 33.2 Å². The van der Waals surface area contributed by atoms with E-state index in [0.717, 1.165) is 5.56 Å². The Kier molecular flexibility index (Phi) is 6.12. The molecule has 0 bridgehead atoms. The molecule has 0 atom stereocenters. The van der Waals surface area contributed by atoms with Gasteiger partial charge in [0.1, 0.15) is 11.6 Å². The van der Waals surface area contributed by atoms with Gasteiger partial charge in [-0.3, -0.25) is 0 Å². The Morgan fingerprint density at radius 3 is 2.31 bits per heavy atom. The molecule has 6 heteroatoms. The molecule has 0 fully saturated rings. The predicted molar refractivity (Wildman–Crippen MR) is 117 cm³/mol. The zero-order chi connectivity index (χ0) is 20.9. The van der Waals surface area contributed by atoms with Crippen LogP contribution in [0.2, 0.25) is 0 Å². The molecule has 150 valence electrons. The Balaban J connectivity index is 2.01. The number of aromatic nitrogens is 2. The minimum absolute atomic E-state index is 0.164. The van der Waals surface area contributed by atoms with Crippen LogP contribution < -0.4 is 10.6 Å². The molecular formula is C23H26N4O2. The van der Waals surface area contributed by atoms with E-state index >= 15 is 0 Å². The van der Waals surface area contributed by atoms with E-state index in [1.165, 1.54) is 0 Å². The average molecular weight is 390 g/mol. The van der Waals surface area contributed by atoms with E-state index in [2.05, 4.69) is 41.4 Å². The fraction of sp³-hybridized carbons (Fsp3) is 0.261. The van der Waals surface area contributed by atoms with Crippen LogP contribution in [0.15, 0.2) is 60.7 Å². The normalized spacial score (nSPS) is 11.0. The summed E-state index contributed by atoms with van der Waals surface area (Å²) >= 11 is 0. The summed E-state index contributed by atoms with van der Waals surface area (Å²) in [5.41, 5.74) is 1.83. The van der Waals surface area contributed by atoms with Crippen LogP contribution in [0.5, 0.6) is 0 Å². The first kappa shape index (κ1) is 20.3. The van der Waals surface area contributed by atoms with Crippen molar-refractivity contribution in [1.82, 2.24) is 9.97 Å². The van der Waals surface area contributed by atoms with E-state index < -0.39 is 0 Å². The Labute approximate surface area is 171 Å². The van der Waals surface area contributed by atoms with E-state index in [9.17, 15) is 4.79 Å². The first-order valence-electron chi connectivity index (χ1n) is 9.61. The van der Waals surface area contributed by atoms with Gasteiger partial charge in [0.25, 0.3) is 0 Å². The van der Waals surface area contributed by atoms with E-state index in [1.807, 2.05) is 48.5 Å². The molecule has 1 heterocycles. The number of carbonyl (C=O) groups excluding carboxylic acids is 1. The number of anilines is 3. The molecule has 0 amide bonds. The molecule has 0 aliphatic rings. The monoisotopic (exact) mass is 390 g/mol. The standard InChI is InChI=1S/C23H26N4O2/c1-5-29-22(28)17-13-9-10-14-18(17)24-19-15-20(27-23(2,3)4)26-21(25-19)16-11-7-6-8-12-16/h6-15H,5H2,1-4H3,(H2,24,25,26,27). The van der Waals surface area contributed by atoms with Gasteiger partial charge in [0.15, 0.2) is 5.82 Å². The average Bonchev–Trinajstić information content (AvgIpc) is 2.68. The number of nitrogens with one attached hydrogen (secondary N) is 2. The Hall–Kier alpha value is -3.41. The molecule has 3 aromatic rings. The van der Waals surface area contributed by atoms with Gasteiger partial charge in [-0.25, -0.2) is 14.8 Å². The molecule has 0 spiro atoms. The lowest BCUT2D eigenvalue weighted by molar-refractivity contribution is 0.0527. The maximum absolute atomic E-state index is 12.3. The van der Waals surface area contributed by atoms with Crippen molar-refractivity contribution in [1.29, 1.82) is 0 Å². The highest BCUT2D eigenvalue weighted by Crippen LogP contribution is 2.26. The number of ether oxygens (including phenoxy) is 1. The van der Waals surface area contributed by atoms with Crippen LogP contribution in [0.25, 0.3) is 11.4 Å².